The molecule has 0 saturated heterocycles. The van der Waals surface area contributed by atoms with Crippen molar-refractivity contribution in [2.24, 2.45) is 0 Å². The highest BCUT2D eigenvalue weighted by Gasteiger charge is 2.07. The van der Waals surface area contributed by atoms with Gasteiger partial charge in [0.2, 0.25) is 0 Å². The molecular weight excluding hydrogens is 152 g/mol. The van der Waals surface area contributed by atoms with Gasteiger partial charge in [-0.25, -0.2) is 0 Å². The Kier molecular flexibility index (Phi) is 4.38. The molecule has 64 valence electrons. The van der Waals surface area contributed by atoms with Crippen LogP contribution in [0.2, 0.25) is 19.6 Å². The minimum absolute atomic E-state index is 0.334. The first kappa shape index (κ1) is 10.7. The van der Waals surface area contributed by atoms with E-state index in [1.807, 2.05) is 6.08 Å². The average molecular weight is 170 g/mol. The standard InChI is InChI=1S/C9H18OSi/c1-5-6-9(10)7-8-11(2,3)4/h5,7-10H,1,6H2,2-4H3/b8-7+/t9-/m1/s1. The number of aliphatic hydroxyl groups is 1. The van der Waals surface area contributed by atoms with Crippen LogP contribution < -0.4 is 0 Å². The van der Waals surface area contributed by atoms with Gasteiger partial charge in [-0.1, -0.05) is 37.5 Å². The zero-order valence-corrected chi connectivity index (χ0v) is 8.67. The molecule has 0 aliphatic carbocycles. The van der Waals surface area contributed by atoms with E-state index >= 15 is 0 Å². The molecule has 1 N–H and O–H groups in total. The van der Waals surface area contributed by atoms with Crippen LogP contribution in [0.1, 0.15) is 6.42 Å². The molecule has 2 heteroatoms. The highest BCUT2D eigenvalue weighted by Crippen LogP contribution is 2.04. The molecule has 1 atom stereocenters. The van der Waals surface area contributed by atoms with Gasteiger partial charge in [0.15, 0.2) is 0 Å². The van der Waals surface area contributed by atoms with E-state index in [0.717, 1.165) is 0 Å². The fourth-order valence-electron chi connectivity index (χ4n) is 0.649. The summed E-state index contributed by atoms with van der Waals surface area (Å²) in [6.07, 6.45) is 3.94. The van der Waals surface area contributed by atoms with Crippen molar-refractivity contribution in [1.82, 2.24) is 0 Å². The summed E-state index contributed by atoms with van der Waals surface area (Å²) in [6.45, 7) is 10.3. The van der Waals surface area contributed by atoms with Crippen LogP contribution in [0.25, 0.3) is 0 Å². The van der Waals surface area contributed by atoms with E-state index in [2.05, 4.69) is 31.9 Å². The lowest BCUT2D eigenvalue weighted by Crippen LogP contribution is -2.17. The molecule has 0 aromatic heterocycles. The summed E-state index contributed by atoms with van der Waals surface area (Å²) < 4.78 is 0. The SMILES string of the molecule is C=CC[C@@H](O)/C=C/[Si](C)(C)C. The van der Waals surface area contributed by atoms with Crippen LogP contribution >= 0.6 is 0 Å². The third kappa shape index (κ3) is 7.55. The Labute approximate surface area is 70.5 Å². The molecule has 0 saturated carbocycles. The van der Waals surface area contributed by atoms with Gasteiger partial charge in [0.05, 0.1) is 14.2 Å². The van der Waals surface area contributed by atoms with Crippen molar-refractivity contribution in [3.05, 3.63) is 24.4 Å². The first-order valence-electron chi connectivity index (χ1n) is 3.94. The Morgan fingerprint density at radius 1 is 1.45 bits per heavy atom. The van der Waals surface area contributed by atoms with Crippen LogP contribution in [-0.2, 0) is 0 Å². The molecule has 0 spiro atoms. The van der Waals surface area contributed by atoms with Crippen LogP contribution in [0.5, 0.6) is 0 Å². The second-order valence-electron chi connectivity index (χ2n) is 3.82. The van der Waals surface area contributed by atoms with Crippen LogP contribution in [0.3, 0.4) is 0 Å². The lowest BCUT2D eigenvalue weighted by Gasteiger charge is -2.09. The molecule has 0 aliphatic rings. The maximum Gasteiger partial charge on any atom is 0.0751 e. The zero-order chi connectivity index (χ0) is 8.91. The van der Waals surface area contributed by atoms with E-state index in [1.54, 1.807) is 6.08 Å². The molecule has 0 aliphatic heterocycles. The maximum absolute atomic E-state index is 9.28. The van der Waals surface area contributed by atoms with Crippen molar-refractivity contribution in [3.8, 4) is 0 Å². The van der Waals surface area contributed by atoms with Gasteiger partial charge < -0.3 is 5.11 Å². The maximum atomic E-state index is 9.28. The highest BCUT2D eigenvalue weighted by molar-refractivity contribution is 6.80. The normalized spacial score (nSPS) is 15.3. The van der Waals surface area contributed by atoms with Crippen molar-refractivity contribution in [2.45, 2.75) is 32.2 Å². The molecule has 11 heavy (non-hydrogen) atoms. The molecule has 0 radical (unpaired) electrons. The Morgan fingerprint density at radius 2 is 2.00 bits per heavy atom. The molecule has 0 fully saturated rings. The fourth-order valence-corrected chi connectivity index (χ4v) is 1.45. The van der Waals surface area contributed by atoms with Gasteiger partial charge in [-0.05, 0) is 6.42 Å². The van der Waals surface area contributed by atoms with Crippen molar-refractivity contribution in [1.29, 1.82) is 0 Å². The van der Waals surface area contributed by atoms with Crippen molar-refractivity contribution in [2.75, 3.05) is 0 Å². The average Bonchev–Trinajstić information content (AvgIpc) is 1.83. The van der Waals surface area contributed by atoms with Crippen molar-refractivity contribution in [3.63, 3.8) is 0 Å². The van der Waals surface area contributed by atoms with E-state index in [1.165, 1.54) is 0 Å². The summed E-state index contributed by atoms with van der Waals surface area (Å²) in [5.41, 5.74) is 2.15. The molecule has 1 nitrogen and oxygen atoms in total. The summed E-state index contributed by atoms with van der Waals surface area (Å²) in [5, 5.41) is 9.28. The van der Waals surface area contributed by atoms with Gasteiger partial charge in [-0.3, -0.25) is 0 Å². The summed E-state index contributed by atoms with van der Waals surface area (Å²) in [6, 6.07) is 0. The molecule has 0 aromatic rings. The largest absolute Gasteiger partial charge is 0.389 e. The number of hydrogen-bond donors (Lipinski definition) is 1. The minimum Gasteiger partial charge on any atom is -0.389 e. The quantitative estimate of drug-likeness (QED) is 0.507. The van der Waals surface area contributed by atoms with Gasteiger partial charge >= 0.3 is 0 Å². The molecule has 0 rings (SSSR count). The minimum atomic E-state index is -1.12. The van der Waals surface area contributed by atoms with Crippen molar-refractivity contribution >= 4 is 8.07 Å². The Hall–Kier alpha value is -0.343. The predicted octanol–water partition coefficient (Wildman–Crippen LogP) is 2.36. The van der Waals surface area contributed by atoms with Crippen LogP contribution in [0.4, 0.5) is 0 Å². The summed E-state index contributed by atoms with van der Waals surface area (Å²) in [4.78, 5) is 0. The summed E-state index contributed by atoms with van der Waals surface area (Å²) in [5.74, 6) is 0. The van der Waals surface area contributed by atoms with Gasteiger partial charge in [-0.15, -0.1) is 6.58 Å². The first-order valence-corrected chi connectivity index (χ1v) is 7.52. The lowest BCUT2D eigenvalue weighted by molar-refractivity contribution is 0.227. The van der Waals surface area contributed by atoms with E-state index in [9.17, 15) is 5.11 Å². The number of hydrogen-bond acceptors (Lipinski definition) is 1. The Balaban J connectivity index is 3.82. The summed E-state index contributed by atoms with van der Waals surface area (Å²) in [7, 11) is -1.12. The molecule has 0 aromatic carbocycles. The number of rotatable bonds is 4. The molecule has 0 bridgehead atoms. The van der Waals surface area contributed by atoms with Crippen LogP contribution in [0.15, 0.2) is 24.4 Å². The molecule has 0 amide bonds. The second-order valence-corrected chi connectivity index (χ2v) is 8.88. The molecular formula is C9H18OSi. The summed E-state index contributed by atoms with van der Waals surface area (Å²) >= 11 is 0. The molecule has 0 heterocycles. The first-order chi connectivity index (χ1) is 4.95. The van der Waals surface area contributed by atoms with E-state index in [4.69, 9.17) is 0 Å². The lowest BCUT2D eigenvalue weighted by atomic mass is 10.2. The highest BCUT2D eigenvalue weighted by atomic mass is 28.3. The topological polar surface area (TPSA) is 20.2 Å². The van der Waals surface area contributed by atoms with E-state index in [-0.39, 0.29) is 6.10 Å². The van der Waals surface area contributed by atoms with E-state index < -0.39 is 8.07 Å². The van der Waals surface area contributed by atoms with Gasteiger partial charge in [0.25, 0.3) is 0 Å². The van der Waals surface area contributed by atoms with Gasteiger partial charge in [0, 0.05) is 0 Å². The van der Waals surface area contributed by atoms with Crippen molar-refractivity contribution < 1.29 is 5.11 Å². The van der Waals surface area contributed by atoms with Crippen LogP contribution in [0, 0.1) is 0 Å². The molecule has 0 unspecified atom stereocenters. The Morgan fingerprint density at radius 3 is 2.36 bits per heavy atom. The second kappa shape index (κ2) is 4.52. The van der Waals surface area contributed by atoms with Gasteiger partial charge in [0.1, 0.15) is 0 Å². The third-order valence-electron chi connectivity index (χ3n) is 1.23. The zero-order valence-electron chi connectivity index (χ0n) is 7.67. The third-order valence-corrected chi connectivity index (χ3v) is 2.42. The fraction of sp³-hybridized carbons (Fsp3) is 0.556. The number of aliphatic hydroxyl groups excluding tert-OH is 1. The van der Waals surface area contributed by atoms with Crippen LogP contribution in [-0.4, -0.2) is 19.3 Å². The van der Waals surface area contributed by atoms with E-state index in [0.29, 0.717) is 6.42 Å². The van der Waals surface area contributed by atoms with Gasteiger partial charge in [-0.2, -0.15) is 0 Å². The smallest absolute Gasteiger partial charge is 0.0751 e. The Bertz CT molecular complexity index is 144. The predicted molar refractivity (Wildman–Crippen MR) is 53.3 cm³/mol. The monoisotopic (exact) mass is 170 g/mol.